The van der Waals surface area contributed by atoms with Crippen molar-refractivity contribution in [1.82, 2.24) is 0 Å². The number of nitro benzene ring substituents is 1. The highest BCUT2D eigenvalue weighted by Gasteiger charge is 2.31. The van der Waals surface area contributed by atoms with Gasteiger partial charge in [-0.1, -0.05) is 0 Å². The van der Waals surface area contributed by atoms with Crippen LogP contribution in [0.2, 0.25) is 0 Å². The number of hydrogen-bond acceptors (Lipinski definition) is 5. The zero-order valence-electron chi connectivity index (χ0n) is 9.51. The Labute approximate surface area is 101 Å². The van der Waals surface area contributed by atoms with Crippen molar-refractivity contribution in [3.05, 3.63) is 33.6 Å². The SMILES string of the molecule is COC(=O)c1cc(F)c([N+](=O)[O-])c(OC2CC2)c1. The Bertz CT molecular complexity index is 512. The Morgan fingerprint density at radius 1 is 1.50 bits per heavy atom. The van der Waals surface area contributed by atoms with Crippen molar-refractivity contribution < 1.29 is 23.6 Å². The van der Waals surface area contributed by atoms with E-state index in [1.54, 1.807) is 0 Å². The van der Waals surface area contributed by atoms with Crippen molar-refractivity contribution >= 4 is 11.7 Å². The van der Waals surface area contributed by atoms with Crippen LogP contribution in [0, 0.1) is 15.9 Å². The second kappa shape index (κ2) is 4.59. The molecule has 0 bridgehead atoms. The summed E-state index contributed by atoms with van der Waals surface area (Å²) in [7, 11) is 1.14. The summed E-state index contributed by atoms with van der Waals surface area (Å²) in [6, 6.07) is 1.90. The summed E-state index contributed by atoms with van der Waals surface area (Å²) < 4.78 is 23.3. The molecule has 18 heavy (non-hydrogen) atoms. The van der Waals surface area contributed by atoms with Crippen LogP contribution in [0.25, 0.3) is 0 Å². The summed E-state index contributed by atoms with van der Waals surface area (Å²) in [4.78, 5) is 21.2. The quantitative estimate of drug-likeness (QED) is 0.467. The van der Waals surface area contributed by atoms with E-state index < -0.39 is 22.4 Å². The minimum absolute atomic E-state index is 0.115. The van der Waals surface area contributed by atoms with Gasteiger partial charge in [-0.25, -0.2) is 4.79 Å². The van der Waals surface area contributed by atoms with E-state index in [1.807, 2.05) is 0 Å². The molecule has 0 saturated heterocycles. The van der Waals surface area contributed by atoms with Crippen LogP contribution in [-0.2, 0) is 4.74 Å². The summed E-state index contributed by atoms with van der Waals surface area (Å²) in [6.07, 6.45) is 1.39. The molecule has 0 aromatic heterocycles. The number of carbonyl (C=O) groups is 1. The van der Waals surface area contributed by atoms with Crippen molar-refractivity contribution in [2.24, 2.45) is 0 Å². The lowest BCUT2D eigenvalue weighted by molar-refractivity contribution is -0.388. The molecule has 0 atom stereocenters. The van der Waals surface area contributed by atoms with E-state index in [1.165, 1.54) is 0 Å². The van der Waals surface area contributed by atoms with Crippen LogP contribution < -0.4 is 4.74 Å². The molecule has 1 aliphatic rings. The first kappa shape index (κ1) is 12.3. The number of hydrogen-bond donors (Lipinski definition) is 0. The molecule has 1 fully saturated rings. The molecule has 0 amide bonds. The maximum Gasteiger partial charge on any atom is 0.346 e. The molecule has 0 aliphatic heterocycles. The van der Waals surface area contributed by atoms with E-state index in [4.69, 9.17) is 4.74 Å². The first-order valence-corrected chi connectivity index (χ1v) is 5.26. The molecule has 96 valence electrons. The van der Waals surface area contributed by atoms with Crippen molar-refractivity contribution in [1.29, 1.82) is 0 Å². The Balaban J connectivity index is 2.45. The van der Waals surface area contributed by atoms with E-state index in [0.29, 0.717) is 0 Å². The number of nitrogens with zero attached hydrogens (tertiary/aromatic N) is 1. The number of halogens is 1. The van der Waals surface area contributed by atoms with Crippen molar-refractivity contribution in [3.8, 4) is 5.75 Å². The van der Waals surface area contributed by atoms with Crippen molar-refractivity contribution in [2.75, 3.05) is 7.11 Å². The monoisotopic (exact) mass is 255 g/mol. The number of methoxy groups -OCH3 is 1. The zero-order valence-corrected chi connectivity index (χ0v) is 9.51. The third-order valence-corrected chi connectivity index (χ3v) is 2.45. The summed E-state index contributed by atoms with van der Waals surface area (Å²) in [6.45, 7) is 0. The van der Waals surface area contributed by atoms with Gasteiger partial charge in [0, 0.05) is 6.07 Å². The first-order chi connectivity index (χ1) is 8.52. The molecule has 1 saturated carbocycles. The number of esters is 1. The van der Waals surface area contributed by atoms with Gasteiger partial charge in [-0.2, -0.15) is 4.39 Å². The Kier molecular flexibility index (Phi) is 3.14. The van der Waals surface area contributed by atoms with Crippen LogP contribution in [0.4, 0.5) is 10.1 Å². The molecule has 0 radical (unpaired) electrons. The Morgan fingerprint density at radius 2 is 2.17 bits per heavy atom. The fourth-order valence-corrected chi connectivity index (χ4v) is 1.44. The second-order valence-corrected chi connectivity index (χ2v) is 3.87. The third-order valence-electron chi connectivity index (χ3n) is 2.45. The van der Waals surface area contributed by atoms with Crippen LogP contribution in [0.3, 0.4) is 0 Å². The number of carbonyl (C=O) groups excluding carboxylic acids is 1. The molecule has 0 unspecified atom stereocenters. The first-order valence-electron chi connectivity index (χ1n) is 5.26. The maximum atomic E-state index is 13.6. The van der Waals surface area contributed by atoms with Crippen LogP contribution in [-0.4, -0.2) is 24.1 Å². The second-order valence-electron chi connectivity index (χ2n) is 3.87. The zero-order chi connectivity index (χ0) is 13.3. The molecular weight excluding hydrogens is 245 g/mol. The van der Waals surface area contributed by atoms with Gasteiger partial charge in [0.25, 0.3) is 0 Å². The van der Waals surface area contributed by atoms with Gasteiger partial charge in [-0.3, -0.25) is 10.1 Å². The highest BCUT2D eigenvalue weighted by Crippen LogP contribution is 2.36. The average Bonchev–Trinajstić information content (AvgIpc) is 3.10. The molecule has 0 spiro atoms. The molecule has 7 heteroatoms. The minimum Gasteiger partial charge on any atom is -0.483 e. The lowest BCUT2D eigenvalue weighted by atomic mass is 10.2. The molecule has 0 N–H and O–H groups in total. The number of rotatable bonds is 4. The normalized spacial score (nSPS) is 14.1. The predicted molar refractivity (Wildman–Crippen MR) is 58.0 cm³/mol. The van der Waals surface area contributed by atoms with Gasteiger partial charge in [-0.05, 0) is 18.9 Å². The number of ether oxygens (including phenoxy) is 2. The molecule has 2 rings (SSSR count). The summed E-state index contributed by atoms with van der Waals surface area (Å²) >= 11 is 0. The molecule has 1 aromatic rings. The smallest absolute Gasteiger partial charge is 0.346 e. The summed E-state index contributed by atoms with van der Waals surface area (Å²) in [5, 5.41) is 10.8. The summed E-state index contributed by atoms with van der Waals surface area (Å²) in [5.74, 6) is -2.12. The molecule has 0 heterocycles. The van der Waals surface area contributed by atoms with Crippen molar-refractivity contribution in [2.45, 2.75) is 18.9 Å². The van der Waals surface area contributed by atoms with Crippen molar-refractivity contribution in [3.63, 3.8) is 0 Å². The van der Waals surface area contributed by atoms with E-state index in [9.17, 15) is 19.3 Å². The van der Waals surface area contributed by atoms with Gasteiger partial charge < -0.3 is 9.47 Å². The highest BCUT2D eigenvalue weighted by molar-refractivity contribution is 5.90. The topological polar surface area (TPSA) is 78.7 Å². The van der Waals surface area contributed by atoms with Gasteiger partial charge in [0.15, 0.2) is 0 Å². The standard InChI is InChI=1S/C11H10FNO5/c1-17-11(14)6-4-8(12)10(13(15)16)9(5-6)18-7-2-3-7/h4-5,7H,2-3H2,1H3. The Morgan fingerprint density at radius 3 is 2.67 bits per heavy atom. The van der Waals surface area contributed by atoms with Gasteiger partial charge in [-0.15, -0.1) is 0 Å². The molecular formula is C11H10FNO5. The fraction of sp³-hybridized carbons (Fsp3) is 0.364. The van der Waals surface area contributed by atoms with E-state index in [0.717, 1.165) is 32.1 Å². The average molecular weight is 255 g/mol. The van der Waals surface area contributed by atoms with E-state index in [2.05, 4.69) is 4.74 Å². The number of nitro groups is 1. The van der Waals surface area contributed by atoms with E-state index >= 15 is 0 Å². The van der Waals surface area contributed by atoms with Crippen LogP contribution in [0.1, 0.15) is 23.2 Å². The largest absolute Gasteiger partial charge is 0.483 e. The lowest BCUT2D eigenvalue weighted by Gasteiger charge is -2.07. The maximum absolute atomic E-state index is 13.6. The van der Waals surface area contributed by atoms with Gasteiger partial charge in [0.2, 0.25) is 11.6 Å². The van der Waals surface area contributed by atoms with Crippen LogP contribution in [0.5, 0.6) is 5.75 Å². The number of benzene rings is 1. The van der Waals surface area contributed by atoms with Gasteiger partial charge >= 0.3 is 11.7 Å². The summed E-state index contributed by atoms with van der Waals surface area (Å²) in [5.41, 5.74) is -0.870. The van der Waals surface area contributed by atoms with Crippen LogP contribution in [0.15, 0.2) is 12.1 Å². The lowest BCUT2D eigenvalue weighted by Crippen LogP contribution is -2.07. The van der Waals surface area contributed by atoms with Gasteiger partial charge in [0.05, 0.1) is 23.7 Å². The third kappa shape index (κ3) is 2.39. The fourth-order valence-electron chi connectivity index (χ4n) is 1.44. The molecule has 1 aliphatic carbocycles. The van der Waals surface area contributed by atoms with Crippen LogP contribution >= 0.6 is 0 Å². The van der Waals surface area contributed by atoms with E-state index in [-0.39, 0.29) is 17.4 Å². The molecule has 1 aromatic carbocycles. The molecule has 6 nitrogen and oxygen atoms in total. The predicted octanol–water partition coefficient (Wildman–Crippen LogP) is 2.06. The Hall–Kier alpha value is -2.18. The highest BCUT2D eigenvalue weighted by atomic mass is 19.1. The van der Waals surface area contributed by atoms with Gasteiger partial charge in [0.1, 0.15) is 0 Å². The minimum atomic E-state index is -1.11.